The summed E-state index contributed by atoms with van der Waals surface area (Å²) in [6.45, 7) is 0. The Labute approximate surface area is 180 Å². The van der Waals surface area contributed by atoms with Crippen molar-refractivity contribution >= 4 is 21.4 Å². The zero-order valence-electron chi connectivity index (χ0n) is 16.4. The van der Waals surface area contributed by atoms with Gasteiger partial charge in [-0.25, -0.2) is 13.4 Å². The van der Waals surface area contributed by atoms with Gasteiger partial charge in [0, 0.05) is 29.3 Å². The van der Waals surface area contributed by atoms with E-state index in [0.717, 1.165) is 28.3 Å². The second-order valence-electron chi connectivity index (χ2n) is 6.79. The van der Waals surface area contributed by atoms with Crippen molar-refractivity contribution in [1.29, 1.82) is 0 Å². The van der Waals surface area contributed by atoms with Gasteiger partial charge in [0.1, 0.15) is 11.6 Å². The van der Waals surface area contributed by atoms with Crippen LogP contribution in [-0.2, 0) is 9.84 Å². The molecule has 0 atom stereocenters. The molecule has 30 heavy (non-hydrogen) atoms. The molecule has 0 aliphatic carbocycles. The average molecular weight is 439 g/mol. The third kappa shape index (κ3) is 3.97. The number of ether oxygens (including phenoxy) is 1. The zero-order valence-corrected chi connectivity index (χ0v) is 18.0. The first kappa shape index (κ1) is 20.2. The molecular formula is C23H19ClN2O3S. The van der Waals surface area contributed by atoms with E-state index in [0.29, 0.717) is 10.8 Å². The lowest BCUT2D eigenvalue weighted by Crippen LogP contribution is -2.00. The molecule has 7 heteroatoms. The van der Waals surface area contributed by atoms with Crippen molar-refractivity contribution in [2.45, 2.75) is 4.90 Å². The Morgan fingerprint density at radius 2 is 1.60 bits per heavy atom. The van der Waals surface area contributed by atoms with E-state index < -0.39 is 9.84 Å². The minimum absolute atomic E-state index is 0.265. The number of methoxy groups -OCH3 is 1. The Morgan fingerprint density at radius 1 is 0.933 bits per heavy atom. The lowest BCUT2D eigenvalue weighted by Gasteiger charge is -2.09. The minimum Gasteiger partial charge on any atom is -0.497 e. The second kappa shape index (κ2) is 7.97. The van der Waals surface area contributed by atoms with Gasteiger partial charge in [0.2, 0.25) is 0 Å². The zero-order chi connectivity index (χ0) is 21.3. The fourth-order valence-electron chi connectivity index (χ4n) is 3.16. The maximum Gasteiger partial charge on any atom is 0.175 e. The van der Waals surface area contributed by atoms with Crippen LogP contribution in [0.4, 0.5) is 0 Å². The molecule has 4 rings (SSSR count). The number of sulfone groups is 1. The third-order valence-electron chi connectivity index (χ3n) is 4.75. The summed E-state index contributed by atoms with van der Waals surface area (Å²) in [7, 11) is -1.65. The first-order valence-electron chi connectivity index (χ1n) is 9.16. The van der Waals surface area contributed by atoms with Gasteiger partial charge in [-0.1, -0.05) is 23.7 Å². The van der Waals surface area contributed by atoms with Crippen molar-refractivity contribution in [1.82, 2.24) is 9.55 Å². The number of hydrogen-bond acceptors (Lipinski definition) is 4. The molecule has 3 aromatic carbocycles. The molecule has 0 amide bonds. The van der Waals surface area contributed by atoms with Gasteiger partial charge in [-0.2, -0.15) is 0 Å². The molecule has 0 bridgehead atoms. The number of nitrogens with zero attached hydrogens (tertiary/aromatic N) is 2. The fraction of sp³-hybridized carbons (Fsp3) is 0.0870. The van der Waals surface area contributed by atoms with Crippen LogP contribution in [0.3, 0.4) is 0 Å². The largest absolute Gasteiger partial charge is 0.497 e. The maximum absolute atomic E-state index is 11.8. The van der Waals surface area contributed by atoms with E-state index in [-0.39, 0.29) is 4.90 Å². The SMILES string of the molecule is COc1ccc(-c2cn(-c3ccc(S(C)(=O)=O)cc3)c(-c3ccccc3Cl)n2)cc1. The summed E-state index contributed by atoms with van der Waals surface area (Å²) in [5.74, 6) is 1.43. The number of aromatic nitrogens is 2. The maximum atomic E-state index is 11.8. The summed E-state index contributed by atoms with van der Waals surface area (Å²) in [6, 6.07) is 21.8. The van der Waals surface area contributed by atoms with Crippen LogP contribution in [0.15, 0.2) is 83.9 Å². The molecule has 1 heterocycles. The molecule has 0 fully saturated rings. The molecule has 0 aliphatic heterocycles. The summed E-state index contributed by atoms with van der Waals surface area (Å²) < 4.78 is 30.8. The Bertz CT molecular complexity index is 1300. The highest BCUT2D eigenvalue weighted by Crippen LogP contribution is 2.32. The van der Waals surface area contributed by atoms with E-state index in [2.05, 4.69) is 0 Å². The van der Waals surface area contributed by atoms with Gasteiger partial charge < -0.3 is 4.74 Å². The molecule has 1 aromatic heterocycles. The van der Waals surface area contributed by atoms with Crippen LogP contribution in [0.1, 0.15) is 0 Å². The number of rotatable bonds is 5. The van der Waals surface area contributed by atoms with E-state index in [1.165, 1.54) is 6.26 Å². The van der Waals surface area contributed by atoms with Crippen LogP contribution in [0.5, 0.6) is 5.75 Å². The third-order valence-corrected chi connectivity index (χ3v) is 6.21. The molecule has 0 spiro atoms. The predicted octanol–water partition coefficient (Wildman–Crippen LogP) is 5.27. The van der Waals surface area contributed by atoms with E-state index in [1.54, 1.807) is 31.4 Å². The topological polar surface area (TPSA) is 61.2 Å². The molecule has 0 unspecified atom stereocenters. The Kier molecular flexibility index (Phi) is 5.37. The van der Waals surface area contributed by atoms with Gasteiger partial charge in [-0.05, 0) is 60.7 Å². The van der Waals surface area contributed by atoms with Crippen LogP contribution >= 0.6 is 11.6 Å². The van der Waals surface area contributed by atoms with Gasteiger partial charge in [-0.15, -0.1) is 0 Å². The summed E-state index contributed by atoms with van der Waals surface area (Å²) in [5, 5.41) is 0.582. The monoisotopic (exact) mass is 438 g/mol. The molecule has 0 saturated carbocycles. The van der Waals surface area contributed by atoms with Gasteiger partial charge in [0.15, 0.2) is 9.84 Å². The molecule has 0 saturated heterocycles. The number of hydrogen-bond donors (Lipinski definition) is 0. The van der Waals surface area contributed by atoms with Crippen molar-refractivity contribution in [3.05, 3.63) is 84.0 Å². The molecule has 4 aromatic rings. The lowest BCUT2D eigenvalue weighted by molar-refractivity contribution is 0.415. The Balaban J connectivity index is 1.87. The normalized spacial score (nSPS) is 11.4. The Morgan fingerprint density at radius 3 is 2.20 bits per heavy atom. The van der Waals surface area contributed by atoms with E-state index in [9.17, 15) is 8.42 Å². The summed E-state index contributed by atoms with van der Waals surface area (Å²) in [6.07, 6.45) is 3.10. The van der Waals surface area contributed by atoms with Crippen LogP contribution in [0, 0.1) is 0 Å². The lowest BCUT2D eigenvalue weighted by atomic mass is 10.1. The molecule has 152 valence electrons. The molecule has 0 radical (unpaired) electrons. The van der Waals surface area contributed by atoms with Gasteiger partial charge in [0.25, 0.3) is 0 Å². The first-order chi connectivity index (χ1) is 14.4. The van der Waals surface area contributed by atoms with Crippen molar-refractivity contribution in [3.63, 3.8) is 0 Å². The van der Waals surface area contributed by atoms with E-state index >= 15 is 0 Å². The predicted molar refractivity (Wildman–Crippen MR) is 119 cm³/mol. The highest BCUT2D eigenvalue weighted by atomic mass is 35.5. The van der Waals surface area contributed by atoms with Crippen LogP contribution in [0.25, 0.3) is 28.3 Å². The van der Waals surface area contributed by atoms with Crippen molar-refractivity contribution in [2.75, 3.05) is 13.4 Å². The van der Waals surface area contributed by atoms with E-state index in [1.807, 2.05) is 59.3 Å². The minimum atomic E-state index is -3.27. The van der Waals surface area contributed by atoms with Crippen molar-refractivity contribution in [3.8, 4) is 34.1 Å². The summed E-state index contributed by atoms with van der Waals surface area (Å²) in [5.41, 5.74) is 3.26. The second-order valence-corrected chi connectivity index (χ2v) is 9.22. The Hall–Kier alpha value is -3.09. The van der Waals surface area contributed by atoms with Gasteiger partial charge >= 0.3 is 0 Å². The highest BCUT2D eigenvalue weighted by molar-refractivity contribution is 7.90. The van der Waals surface area contributed by atoms with Crippen LogP contribution < -0.4 is 4.74 Å². The quantitative estimate of drug-likeness (QED) is 0.425. The average Bonchev–Trinajstić information content (AvgIpc) is 3.19. The van der Waals surface area contributed by atoms with Crippen LogP contribution in [-0.4, -0.2) is 31.3 Å². The molecular weight excluding hydrogens is 420 g/mol. The highest BCUT2D eigenvalue weighted by Gasteiger charge is 2.16. The molecule has 0 aliphatic rings. The summed E-state index contributed by atoms with van der Waals surface area (Å²) in [4.78, 5) is 5.10. The number of halogens is 1. The van der Waals surface area contributed by atoms with Gasteiger partial charge in [0.05, 0.1) is 22.7 Å². The summed E-state index contributed by atoms with van der Waals surface area (Å²) >= 11 is 6.45. The van der Waals surface area contributed by atoms with Crippen molar-refractivity contribution in [2.24, 2.45) is 0 Å². The smallest absolute Gasteiger partial charge is 0.175 e. The van der Waals surface area contributed by atoms with E-state index in [4.69, 9.17) is 21.3 Å². The molecule has 0 N–H and O–H groups in total. The standard InChI is InChI=1S/C23H19ClN2O3S/c1-29-18-11-7-16(8-12-18)22-15-26(17-9-13-19(14-10-17)30(2,27)28)23(25-22)20-5-3-4-6-21(20)24/h3-15H,1-2H3. The number of imidazole rings is 1. The number of benzene rings is 3. The first-order valence-corrected chi connectivity index (χ1v) is 11.4. The van der Waals surface area contributed by atoms with Crippen molar-refractivity contribution < 1.29 is 13.2 Å². The van der Waals surface area contributed by atoms with Gasteiger partial charge in [-0.3, -0.25) is 4.57 Å². The molecule has 5 nitrogen and oxygen atoms in total. The van der Waals surface area contributed by atoms with Crippen LogP contribution in [0.2, 0.25) is 5.02 Å². The fourth-order valence-corrected chi connectivity index (χ4v) is 4.02.